The number of hydrogen-bond acceptors (Lipinski definition) is 7. The van der Waals surface area contributed by atoms with Crippen LogP contribution in [0.2, 0.25) is 0 Å². The predicted molar refractivity (Wildman–Crippen MR) is 81.4 cm³/mol. The molecular weight excluding hydrogens is 304 g/mol. The van der Waals surface area contributed by atoms with Crippen molar-refractivity contribution in [3.8, 4) is 34.5 Å². The van der Waals surface area contributed by atoms with Crippen LogP contribution >= 0.6 is 0 Å². The summed E-state index contributed by atoms with van der Waals surface area (Å²) >= 11 is 0. The minimum atomic E-state index is -0.0799. The standard InChI is InChI=1S/C16H18O7/c17-11-5-12(18)8-15(7-11)22-3-1-21-2-4-23-16-9-13(19)6-14(20)10-16/h5-10,17-20H,1-4H2. The van der Waals surface area contributed by atoms with Crippen LogP contribution in [-0.4, -0.2) is 46.9 Å². The maximum absolute atomic E-state index is 9.29. The lowest BCUT2D eigenvalue weighted by Gasteiger charge is -2.09. The number of rotatable bonds is 8. The van der Waals surface area contributed by atoms with Gasteiger partial charge in [-0.15, -0.1) is 0 Å². The molecule has 0 spiro atoms. The highest BCUT2D eigenvalue weighted by molar-refractivity contribution is 5.41. The summed E-state index contributed by atoms with van der Waals surface area (Å²) in [5, 5.41) is 37.2. The maximum atomic E-state index is 9.29. The normalized spacial score (nSPS) is 10.4. The van der Waals surface area contributed by atoms with Gasteiger partial charge in [-0.25, -0.2) is 0 Å². The summed E-state index contributed by atoms with van der Waals surface area (Å²) in [7, 11) is 0. The lowest BCUT2D eigenvalue weighted by atomic mass is 10.3. The van der Waals surface area contributed by atoms with Crippen molar-refractivity contribution in [3.05, 3.63) is 36.4 Å². The Kier molecular flexibility index (Phi) is 5.76. The molecule has 0 saturated heterocycles. The van der Waals surface area contributed by atoms with Crippen LogP contribution in [0.15, 0.2) is 36.4 Å². The highest BCUT2D eigenvalue weighted by Gasteiger charge is 2.01. The second-order valence-electron chi connectivity index (χ2n) is 4.68. The molecule has 0 heterocycles. The van der Waals surface area contributed by atoms with E-state index in [0.29, 0.717) is 24.7 Å². The molecule has 124 valence electrons. The van der Waals surface area contributed by atoms with Gasteiger partial charge in [-0.2, -0.15) is 0 Å². The van der Waals surface area contributed by atoms with E-state index in [-0.39, 0.29) is 36.2 Å². The van der Waals surface area contributed by atoms with Crippen molar-refractivity contribution in [2.45, 2.75) is 0 Å². The van der Waals surface area contributed by atoms with Crippen molar-refractivity contribution in [2.75, 3.05) is 26.4 Å². The van der Waals surface area contributed by atoms with Crippen LogP contribution in [0.1, 0.15) is 0 Å². The van der Waals surface area contributed by atoms with E-state index in [1.54, 1.807) is 0 Å². The molecule has 0 radical (unpaired) electrons. The molecule has 7 heteroatoms. The molecule has 0 aromatic heterocycles. The summed E-state index contributed by atoms with van der Waals surface area (Å²) in [6.07, 6.45) is 0. The van der Waals surface area contributed by atoms with Gasteiger partial charge >= 0.3 is 0 Å². The van der Waals surface area contributed by atoms with Crippen LogP contribution in [0.3, 0.4) is 0 Å². The topological polar surface area (TPSA) is 109 Å². The predicted octanol–water partition coefficient (Wildman–Crippen LogP) is 1.98. The summed E-state index contributed by atoms with van der Waals surface area (Å²) < 4.78 is 15.9. The van der Waals surface area contributed by atoms with Crippen molar-refractivity contribution in [3.63, 3.8) is 0 Å². The smallest absolute Gasteiger partial charge is 0.126 e. The molecule has 0 unspecified atom stereocenters. The zero-order chi connectivity index (χ0) is 16.7. The Bertz CT molecular complexity index is 546. The van der Waals surface area contributed by atoms with Crippen LogP contribution in [-0.2, 0) is 4.74 Å². The third-order valence-electron chi connectivity index (χ3n) is 2.74. The molecular formula is C16H18O7. The molecule has 2 rings (SSSR count). The summed E-state index contributed by atoms with van der Waals surface area (Å²) in [5.74, 6) is 0.370. The highest BCUT2D eigenvalue weighted by atomic mass is 16.5. The fourth-order valence-electron chi connectivity index (χ4n) is 1.84. The van der Waals surface area contributed by atoms with Crippen molar-refractivity contribution in [1.29, 1.82) is 0 Å². The molecule has 0 fully saturated rings. The van der Waals surface area contributed by atoms with Crippen LogP contribution in [0.4, 0.5) is 0 Å². The average Bonchev–Trinajstić information content (AvgIpc) is 2.44. The van der Waals surface area contributed by atoms with Crippen LogP contribution < -0.4 is 9.47 Å². The zero-order valence-electron chi connectivity index (χ0n) is 12.3. The summed E-state index contributed by atoms with van der Waals surface area (Å²) in [5.41, 5.74) is 0. The fourth-order valence-corrected chi connectivity index (χ4v) is 1.84. The Labute approximate surface area is 132 Å². The number of aromatic hydroxyl groups is 4. The Morgan fingerprint density at radius 2 is 0.870 bits per heavy atom. The third-order valence-corrected chi connectivity index (χ3v) is 2.74. The lowest BCUT2D eigenvalue weighted by Crippen LogP contribution is -2.12. The Balaban J connectivity index is 1.60. The van der Waals surface area contributed by atoms with E-state index < -0.39 is 0 Å². The van der Waals surface area contributed by atoms with Gasteiger partial charge in [-0.1, -0.05) is 0 Å². The van der Waals surface area contributed by atoms with E-state index in [9.17, 15) is 20.4 Å². The third kappa shape index (κ3) is 5.84. The van der Waals surface area contributed by atoms with Crippen LogP contribution in [0, 0.1) is 0 Å². The lowest BCUT2D eigenvalue weighted by molar-refractivity contribution is 0.0762. The van der Waals surface area contributed by atoms with Gasteiger partial charge in [0.25, 0.3) is 0 Å². The van der Waals surface area contributed by atoms with E-state index >= 15 is 0 Å². The average molecular weight is 322 g/mol. The quantitative estimate of drug-likeness (QED) is 0.550. The van der Waals surface area contributed by atoms with E-state index in [0.717, 1.165) is 0 Å². The van der Waals surface area contributed by atoms with Gasteiger partial charge in [0, 0.05) is 36.4 Å². The molecule has 0 amide bonds. The van der Waals surface area contributed by atoms with Gasteiger partial charge in [0.15, 0.2) is 0 Å². The Hall–Kier alpha value is -2.80. The fraction of sp³-hybridized carbons (Fsp3) is 0.250. The summed E-state index contributed by atoms with van der Waals surface area (Å²) in [4.78, 5) is 0. The molecule has 4 N–H and O–H groups in total. The zero-order valence-corrected chi connectivity index (χ0v) is 12.3. The molecule has 0 bridgehead atoms. The van der Waals surface area contributed by atoms with Crippen molar-refractivity contribution < 1.29 is 34.6 Å². The molecule has 23 heavy (non-hydrogen) atoms. The van der Waals surface area contributed by atoms with Gasteiger partial charge in [-0.3, -0.25) is 0 Å². The number of phenols is 4. The second-order valence-corrected chi connectivity index (χ2v) is 4.68. The highest BCUT2D eigenvalue weighted by Crippen LogP contribution is 2.26. The first-order chi connectivity index (χ1) is 11.0. The molecule has 0 aliphatic heterocycles. The monoisotopic (exact) mass is 322 g/mol. The first-order valence-corrected chi connectivity index (χ1v) is 6.92. The number of phenolic OH excluding ortho intramolecular Hbond substituents is 4. The van der Waals surface area contributed by atoms with E-state index in [1.165, 1.54) is 36.4 Å². The first kappa shape index (κ1) is 16.6. The van der Waals surface area contributed by atoms with E-state index in [4.69, 9.17) is 14.2 Å². The molecule has 2 aromatic rings. The van der Waals surface area contributed by atoms with Gasteiger partial charge in [0.1, 0.15) is 47.7 Å². The van der Waals surface area contributed by atoms with Crippen molar-refractivity contribution >= 4 is 0 Å². The molecule has 0 atom stereocenters. The summed E-state index contributed by atoms with van der Waals surface area (Å²) in [6, 6.07) is 7.96. The molecule has 2 aromatic carbocycles. The number of benzene rings is 2. The van der Waals surface area contributed by atoms with Crippen molar-refractivity contribution in [1.82, 2.24) is 0 Å². The number of ether oxygens (including phenoxy) is 3. The minimum Gasteiger partial charge on any atom is -0.508 e. The first-order valence-electron chi connectivity index (χ1n) is 6.92. The van der Waals surface area contributed by atoms with Gasteiger partial charge in [0.2, 0.25) is 0 Å². The van der Waals surface area contributed by atoms with E-state index in [1.807, 2.05) is 0 Å². The van der Waals surface area contributed by atoms with Crippen molar-refractivity contribution in [2.24, 2.45) is 0 Å². The van der Waals surface area contributed by atoms with Crippen LogP contribution in [0.5, 0.6) is 34.5 Å². The van der Waals surface area contributed by atoms with E-state index in [2.05, 4.69) is 0 Å². The molecule has 0 aliphatic carbocycles. The Morgan fingerprint density at radius 3 is 1.22 bits per heavy atom. The SMILES string of the molecule is Oc1cc(O)cc(OCCOCCOc2cc(O)cc(O)c2)c1. The molecule has 0 aliphatic rings. The Morgan fingerprint density at radius 1 is 0.522 bits per heavy atom. The van der Waals surface area contributed by atoms with Gasteiger partial charge < -0.3 is 34.6 Å². The van der Waals surface area contributed by atoms with Crippen LogP contribution in [0.25, 0.3) is 0 Å². The number of hydrogen-bond donors (Lipinski definition) is 4. The molecule has 0 saturated carbocycles. The largest absolute Gasteiger partial charge is 0.508 e. The minimum absolute atomic E-state index is 0.0799. The maximum Gasteiger partial charge on any atom is 0.126 e. The van der Waals surface area contributed by atoms with Gasteiger partial charge in [-0.05, 0) is 0 Å². The molecule has 7 nitrogen and oxygen atoms in total. The summed E-state index contributed by atoms with van der Waals surface area (Å²) in [6.45, 7) is 1.09. The second kappa shape index (κ2) is 8.00. The van der Waals surface area contributed by atoms with Gasteiger partial charge in [0.05, 0.1) is 13.2 Å².